The van der Waals surface area contributed by atoms with Crippen molar-refractivity contribution in [3.05, 3.63) is 23.5 Å². The van der Waals surface area contributed by atoms with Crippen LogP contribution in [0.2, 0.25) is 0 Å². The third kappa shape index (κ3) is 2.88. The Bertz CT molecular complexity index is 511. The van der Waals surface area contributed by atoms with E-state index in [2.05, 4.69) is 17.6 Å². The lowest BCUT2D eigenvalue weighted by molar-refractivity contribution is -0.116. The molecule has 1 aliphatic carbocycles. The van der Waals surface area contributed by atoms with Crippen molar-refractivity contribution in [1.82, 2.24) is 0 Å². The van der Waals surface area contributed by atoms with Crippen LogP contribution in [0.4, 0.5) is 15.8 Å². The molecule has 1 unspecified atom stereocenters. The van der Waals surface area contributed by atoms with Crippen LogP contribution >= 0.6 is 0 Å². The predicted molar refractivity (Wildman–Crippen MR) is 73.8 cm³/mol. The number of anilines is 2. The van der Waals surface area contributed by atoms with Gasteiger partial charge in [0.15, 0.2) is 0 Å². The van der Waals surface area contributed by atoms with Gasteiger partial charge in [0, 0.05) is 18.2 Å². The number of carbonyl (C=O) groups is 1. The van der Waals surface area contributed by atoms with Crippen molar-refractivity contribution in [2.45, 2.75) is 45.1 Å². The molecule has 0 bridgehead atoms. The van der Waals surface area contributed by atoms with E-state index in [9.17, 15) is 9.18 Å². The minimum atomic E-state index is -0.224. The highest BCUT2D eigenvalue weighted by Gasteiger charge is 2.24. The molecule has 1 fully saturated rings. The summed E-state index contributed by atoms with van der Waals surface area (Å²) in [6.45, 7) is 2.08. The number of nitrogens with one attached hydrogen (secondary N) is 2. The van der Waals surface area contributed by atoms with E-state index in [1.165, 1.54) is 12.8 Å². The fourth-order valence-corrected chi connectivity index (χ4v) is 2.69. The first-order valence-electron chi connectivity index (χ1n) is 7.00. The van der Waals surface area contributed by atoms with Gasteiger partial charge in [-0.15, -0.1) is 0 Å². The average Bonchev–Trinajstić information content (AvgIpc) is 3.14. The Balaban J connectivity index is 1.76. The molecule has 1 atom stereocenters. The Morgan fingerprint density at radius 1 is 1.42 bits per heavy atom. The summed E-state index contributed by atoms with van der Waals surface area (Å²) < 4.78 is 14.0. The average molecular weight is 262 g/mol. The molecule has 1 amide bonds. The highest BCUT2D eigenvalue weighted by Crippen LogP contribution is 2.35. The van der Waals surface area contributed by atoms with Gasteiger partial charge in [0.2, 0.25) is 5.91 Å². The Kier molecular flexibility index (Phi) is 3.17. The summed E-state index contributed by atoms with van der Waals surface area (Å²) in [5, 5.41) is 6.03. The smallest absolute Gasteiger partial charge is 0.224 e. The molecule has 3 nitrogen and oxygen atoms in total. The fourth-order valence-electron chi connectivity index (χ4n) is 2.69. The highest BCUT2D eigenvalue weighted by molar-refractivity contribution is 5.94. The van der Waals surface area contributed by atoms with Gasteiger partial charge in [-0.1, -0.05) is 12.8 Å². The normalized spacial score (nSPS) is 19.6. The lowest BCUT2D eigenvalue weighted by atomic mass is 10.0. The molecule has 1 heterocycles. The van der Waals surface area contributed by atoms with Crippen LogP contribution in [-0.4, -0.2) is 11.9 Å². The van der Waals surface area contributed by atoms with E-state index in [-0.39, 0.29) is 17.8 Å². The number of hydrogen-bond acceptors (Lipinski definition) is 2. The highest BCUT2D eigenvalue weighted by atomic mass is 19.1. The van der Waals surface area contributed by atoms with Crippen molar-refractivity contribution in [3.63, 3.8) is 0 Å². The van der Waals surface area contributed by atoms with Crippen molar-refractivity contribution in [3.8, 4) is 0 Å². The molecular weight excluding hydrogens is 243 g/mol. The Morgan fingerprint density at radius 3 is 2.95 bits per heavy atom. The van der Waals surface area contributed by atoms with Crippen molar-refractivity contribution < 1.29 is 9.18 Å². The van der Waals surface area contributed by atoms with Gasteiger partial charge in [0.25, 0.3) is 0 Å². The molecule has 0 radical (unpaired) electrons. The lowest BCUT2D eigenvalue weighted by Crippen LogP contribution is -2.21. The summed E-state index contributed by atoms with van der Waals surface area (Å²) in [6, 6.07) is 3.53. The monoisotopic (exact) mass is 262 g/mol. The summed E-state index contributed by atoms with van der Waals surface area (Å²) in [6.07, 6.45) is 4.75. The summed E-state index contributed by atoms with van der Waals surface area (Å²) in [4.78, 5) is 11.4. The molecule has 4 heteroatoms. The van der Waals surface area contributed by atoms with Gasteiger partial charge in [0.1, 0.15) is 5.82 Å². The molecule has 19 heavy (non-hydrogen) atoms. The number of rotatable bonds is 4. The first kappa shape index (κ1) is 12.5. The second kappa shape index (κ2) is 4.83. The summed E-state index contributed by atoms with van der Waals surface area (Å²) in [5.41, 5.74) is 2.13. The maximum atomic E-state index is 14.0. The van der Waals surface area contributed by atoms with Gasteiger partial charge in [-0.2, -0.15) is 0 Å². The number of fused-ring (bicyclic) bond motifs is 1. The van der Waals surface area contributed by atoms with E-state index in [1.54, 1.807) is 12.1 Å². The maximum Gasteiger partial charge on any atom is 0.224 e. The van der Waals surface area contributed by atoms with Crippen LogP contribution in [0.25, 0.3) is 0 Å². The second-order valence-corrected chi connectivity index (χ2v) is 5.76. The van der Waals surface area contributed by atoms with Gasteiger partial charge in [-0.3, -0.25) is 4.79 Å². The van der Waals surface area contributed by atoms with E-state index in [0.717, 1.165) is 23.6 Å². The molecule has 1 aromatic rings. The molecule has 1 saturated carbocycles. The zero-order valence-electron chi connectivity index (χ0n) is 11.1. The Labute approximate surface area is 112 Å². The van der Waals surface area contributed by atoms with Crippen LogP contribution in [0.15, 0.2) is 12.1 Å². The van der Waals surface area contributed by atoms with Gasteiger partial charge in [-0.05, 0) is 43.4 Å². The molecule has 2 aliphatic rings. The molecule has 1 aliphatic heterocycles. The van der Waals surface area contributed by atoms with Crippen molar-refractivity contribution in [1.29, 1.82) is 0 Å². The lowest BCUT2D eigenvalue weighted by Gasteiger charge is -2.21. The van der Waals surface area contributed by atoms with Crippen LogP contribution < -0.4 is 10.6 Å². The maximum absolute atomic E-state index is 14.0. The van der Waals surface area contributed by atoms with Gasteiger partial charge >= 0.3 is 0 Å². The SMILES string of the molecule is CC(CC1CC1)Nc1cc2c(cc1F)CCC(=O)N2. The molecule has 0 aromatic heterocycles. The topological polar surface area (TPSA) is 41.1 Å². The van der Waals surface area contributed by atoms with Gasteiger partial charge in [-0.25, -0.2) is 4.39 Å². The number of amides is 1. The summed E-state index contributed by atoms with van der Waals surface area (Å²) in [7, 11) is 0. The van der Waals surface area contributed by atoms with E-state index < -0.39 is 0 Å². The number of carbonyl (C=O) groups excluding carboxylic acids is 1. The van der Waals surface area contributed by atoms with Crippen molar-refractivity contribution in [2.75, 3.05) is 10.6 Å². The Hall–Kier alpha value is -1.58. The van der Waals surface area contributed by atoms with Crippen LogP contribution in [0.1, 0.15) is 38.2 Å². The predicted octanol–water partition coefficient (Wildman–Crippen LogP) is 3.31. The number of aryl methyl sites for hydroxylation is 1. The summed E-state index contributed by atoms with van der Waals surface area (Å²) >= 11 is 0. The minimum Gasteiger partial charge on any atom is -0.380 e. The molecule has 102 valence electrons. The largest absolute Gasteiger partial charge is 0.380 e. The fraction of sp³-hybridized carbons (Fsp3) is 0.533. The number of halogens is 1. The van der Waals surface area contributed by atoms with Gasteiger partial charge < -0.3 is 10.6 Å². The van der Waals surface area contributed by atoms with Crippen LogP contribution in [0.3, 0.4) is 0 Å². The van der Waals surface area contributed by atoms with E-state index in [0.29, 0.717) is 18.5 Å². The third-order valence-corrected chi connectivity index (χ3v) is 3.87. The summed E-state index contributed by atoms with van der Waals surface area (Å²) in [5.74, 6) is 0.594. The zero-order chi connectivity index (χ0) is 13.4. The third-order valence-electron chi connectivity index (χ3n) is 3.87. The van der Waals surface area contributed by atoms with Crippen LogP contribution in [0, 0.1) is 11.7 Å². The van der Waals surface area contributed by atoms with E-state index in [1.807, 2.05) is 0 Å². The van der Waals surface area contributed by atoms with Crippen LogP contribution in [-0.2, 0) is 11.2 Å². The van der Waals surface area contributed by atoms with Crippen molar-refractivity contribution in [2.24, 2.45) is 5.92 Å². The second-order valence-electron chi connectivity index (χ2n) is 5.76. The van der Waals surface area contributed by atoms with Crippen molar-refractivity contribution >= 4 is 17.3 Å². The quantitative estimate of drug-likeness (QED) is 0.874. The molecular formula is C15H19FN2O. The number of benzene rings is 1. The zero-order valence-corrected chi connectivity index (χ0v) is 11.1. The number of hydrogen-bond donors (Lipinski definition) is 2. The molecule has 0 spiro atoms. The molecule has 0 saturated heterocycles. The minimum absolute atomic E-state index is 0.0103. The van der Waals surface area contributed by atoms with E-state index >= 15 is 0 Å². The standard InChI is InChI=1S/C15H19FN2O/c1-9(6-10-2-3-10)17-14-8-13-11(7-12(14)16)4-5-15(19)18-13/h7-10,17H,2-6H2,1H3,(H,18,19). The first-order valence-corrected chi connectivity index (χ1v) is 7.00. The van der Waals surface area contributed by atoms with E-state index in [4.69, 9.17) is 0 Å². The van der Waals surface area contributed by atoms with Gasteiger partial charge in [0.05, 0.1) is 5.69 Å². The molecule has 3 rings (SSSR count). The van der Waals surface area contributed by atoms with Crippen LogP contribution in [0.5, 0.6) is 0 Å². The first-order chi connectivity index (χ1) is 9.11. The molecule has 2 N–H and O–H groups in total. The molecule has 1 aromatic carbocycles. The Morgan fingerprint density at radius 2 is 2.21 bits per heavy atom.